The predicted molar refractivity (Wildman–Crippen MR) is 71.9 cm³/mol. The molecule has 0 radical (unpaired) electrons. The van der Waals surface area contributed by atoms with Crippen LogP contribution in [0, 0.1) is 10.1 Å². The van der Waals surface area contributed by atoms with Gasteiger partial charge >= 0.3 is 0 Å². The van der Waals surface area contributed by atoms with Crippen molar-refractivity contribution in [2.24, 2.45) is 0 Å². The lowest BCUT2D eigenvalue weighted by atomic mass is 10.1. The molecular weight excluding hydrogens is 230 g/mol. The molecule has 1 aliphatic heterocycles. The second-order valence-corrected chi connectivity index (χ2v) is 4.80. The third-order valence-electron chi connectivity index (χ3n) is 3.56. The molecular formula is C13H19N3O2. The molecule has 0 bridgehead atoms. The number of benzene rings is 1. The van der Waals surface area contributed by atoms with Gasteiger partial charge in [0.1, 0.15) is 0 Å². The fraction of sp³-hybridized carbons (Fsp3) is 0.538. The van der Waals surface area contributed by atoms with Crippen LogP contribution in [0.25, 0.3) is 0 Å². The Morgan fingerprint density at radius 2 is 2.17 bits per heavy atom. The third-order valence-corrected chi connectivity index (χ3v) is 3.56. The van der Waals surface area contributed by atoms with E-state index in [0.29, 0.717) is 6.04 Å². The standard InChI is InChI=1S/C13H19N3O2/c1-15-10-2-3-12(15)8-9-14-11-4-6-13(7-5-11)16(17)18/h4-7,12,14H,2-3,8-10H2,1H3/t12-/m0/s1. The zero-order valence-electron chi connectivity index (χ0n) is 10.6. The van der Waals surface area contributed by atoms with E-state index in [1.807, 2.05) is 0 Å². The van der Waals surface area contributed by atoms with Gasteiger partial charge in [0.25, 0.3) is 5.69 Å². The molecule has 1 saturated heterocycles. The molecule has 0 saturated carbocycles. The number of hydrogen-bond acceptors (Lipinski definition) is 4. The summed E-state index contributed by atoms with van der Waals surface area (Å²) in [5, 5.41) is 13.8. The van der Waals surface area contributed by atoms with E-state index in [1.165, 1.54) is 31.5 Å². The van der Waals surface area contributed by atoms with Gasteiger partial charge in [0, 0.05) is 30.4 Å². The first-order chi connectivity index (χ1) is 8.66. The molecule has 0 aromatic heterocycles. The molecule has 0 unspecified atom stereocenters. The zero-order valence-corrected chi connectivity index (χ0v) is 10.6. The normalized spacial score (nSPS) is 19.9. The second kappa shape index (κ2) is 5.82. The first-order valence-corrected chi connectivity index (χ1v) is 6.35. The maximum atomic E-state index is 10.5. The van der Waals surface area contributed by atoms with Crippen molar-refractivity contribution >= 4 is 11.4 Å². The fourth-order valence-electron chi connectivity index (χ4n) is 2.43. The van der Waals surface area contributed by atoms with Crippen molar-refractivity contribution in [3.8, 4) is 0 Å². The number of non-ortho nitro benzene ring substituents is 1. The van der Waals surface area contributed by atoms with Crippen molar-refractivity contribution in [2.75, 3.05) is 25.5 Å². The Kier molecular flexibility index (Phi) is 4.15. The highest BCUT2D eigenvalue weighted by molar-refractivity contribution is 5.48. The van der Waals surface area contributed by atoms with E-state index in [4.69, 9.17) is 0 Å². The van der Waals surface area contributed by atoms with Gasteiger partial charge in [-0.2, -0.15) is 0 Å². The van der Waals surface area contributed by atoms with Crippen LogP contribution in [0.5, 0.6) is 0 Å². The summed E-state index contributed by atoms with van der Waals surface area (Å²) in [6.45, 7) is 2.11. The molecule has 0 amide bonds. The molecule has 1 aromatic rings. The first kappa shape index (κ1) is 12.8. The Bertz CT molecular complexity index is 405. The molecule has 1 N–H and O–H groups in total. The van der Waals surface area contributed by atoms with Gasteiger partial charge in [-0.15, -0.1) is 0 Å². The summed E-state index contributed by atoms with van der Waals surface area (Å²) >= 11 is 0. The van der Waals surface area contributed by atoms with Gasteiger partial charge in [0.15, 0.2) is 0 Å². The minimum Gasteiger partial charge on any atom is -0.385 e. The van der Waals surface area contributed by atoms with E-state index in [9.17, 15) is 10.1 Å². The van der Waals surface area contributed by atoms with Crippen LogP contribution in [-0.2, 0) is 0 Å². The van der Waals surface area contributed by atoms with Gasteiger partial charge in [-0.25, -0.2) is 0 Å². The molecule has 0 spiro atoms. The van der Waals surface area contributed by atoms with Crippen LogP contribution in [0.2, 0.25) is 0 Å². The van der Waals surface area contributed by atoms with Gasteiger partial charge in [0.05, 0.1) is 4.92 Å². The van der Waals surface area contributed by atoms with Crippen molar-refractivity contribution in [2.45, 2.75) is 25.3 Å². The summed E-state index contributed by atoms with van der Waals surface area (Å²) in [6.07, 6.45) is 3.69. The van der Waals surface area contributed by atoms with E-state index in [2.05, 4.69) is 17.3 Å². The van der Waals surface area contributed by atoms with Crippen LogP contribution in [0.1, 0.15) is 19.3 Å². The van der Waals surface area contributed by atoms with Crippen LogP contribution in [-0.4, -0.2) is 36.0 Å². The lowest BCUT2D eigenvalue weighted by molar-refractivity contribution is -0.384. The number of nitro benzene ring substituents is 1. The second-order valence-electron chi connectivity index (χ2n) is 4.80. The molecule has 98 valence electrons. The van der Waals surface area contributed by atoms with Crippen molar-refractivity contribution < 1.29 is 4.92 Å². The summed E-state index contributed by atoms with van der Waals surface area (Å²) in [5.74, 6) is 0. The number of nitro groups is 1. The summed E-state index contributed by atoms with van der Waals surface area (Å²) < 4.78 is 0. The average molecular weight is 249 g/mol. The van der Waals surface area contributed by atoms with Crippen LogP contribution >= 0.6 is 0 Å². The first-order valence-electron chi connectivity index (χ1n) is 6.35. The highest BCUT2D eigenvalue weighted by Gasteiger charge is 2.19. The minimum absolute atomic E-state index is 0.135. The fourth-order valence-corrected chi connectivity index (χ4v) is 2.43. The van der Waals surface area contributed by atoms with Crippen LogP contribution in [0.4, 0.5) is 11.4 Å². The molecule has 1 atom stereocenters. The van der Waals surface area contributed by atoms with Gasteiger partial charge in [-0.3, -0.25) is 10.1 Å². The van der Waals surface area contributed by atoms with E-state index in [-0.39, 0.29) is 10.6 Å². The van der Waals surface area contributed by atoms with Crippen molar-refractivity contribution in [1.82, 2.24) is 4.90 Å². The van der Waals surface area contributed by atoms with Gasteiger partial charge in [-0.1, -0.05) is 0 Å². The molecule has 5 nitrogen and oxygen atoms in total. The van der Waals surface area contributed by atoms with E-state index in [0.717, 1.165) is 18.7 Å². The molecule has 1 heterocycles. The molecule has 18 heavy (non-hydrogen) atoms. The molecule has 2 rings (SSSR count). The highest BCUT2D eigenvalue weighted by atomic mass is 16.6. The average Bonchev–Trinajstić information content (AvgIpc) is 2.76. The number of nitrogens with one attached hydrogen (secondary N) is 1. The largest absolute Gasteiger partial charge is 0.385 e. The smallest absolute Gasteiger partial charge is 0.269 e. The van der Waals surface area contributed by atoms with Gasteiger partial charge in [0.2, 0.25) is 0 Å². The number of nitrogens with zero attached hydrogens (tertiary/aromatic N) is 2. The minimum atomic E-state index is -0.378. The van der Waals surface area contributed by atoms with Crippen molar-refractivity contribution in [1.29, 1.82) is 0 Å². The van der Waals surface area contributed by atoms with Crippen LogP contribution in [0.3, 0.4) is 0 Å². The Hall–Kier alpha value is -1.62. The summed E-state index contributed by atoms with van der Waals surface area (Å²) in [5.41, 5.74) is 1.08. The van der Waals surface area contributed by atoms with Gasteiger partial charge in [-0.05, 0) is 45.0 Å². The third kappa shape index (κ3) is 3.20. The number of anilines is 1. The molecule has 5 heteroatoms. The Labute approximate surface area is 107 Å². The zero-order chi connectivity index (χ0) is 13.0. The Balaban J connectivity index is 1.78. The molecule has 1 aliphatic rings. The molecule has 1 fully saturated rings. The topological polar surface area (TPSA) is 58.4 Å². The van der Waals surface area contributed by atoms with E-state index in [1.54, 1.807) is 12.1 Å². The van der Waals surface area contributed by atoms with Crippen molar-refractivity contribution in [3.05, 3.63) is 34.4 Å². The van der Waals surface area contributed by atoms with Crippen LogP contribution in [0.15, 0.2) is 24.3 Å². The maximum absolute atomic E-state index is 10.5. The number of rotatable bonds is 5. The summed E-state index contributed by atoms with van der Waals surface area (Å²) in [7, 11) is 2.17. The highest BCUT2D eigenvalue weighted by Crippen LogP contribution is 2.19. The Morgan fingerprint density at radius 3 is 2.72 bits per heavy atom. The molecule has 0 aliphatic carbocycles. The predicted octanol–water partition coefficient (Wildman–Crippen LogP) is 2.49. The van der Waals surface area contributed by atoms with Crippen molar-refractivity contribution in [3.63, 3.8) is 0 Å². The lowest BCUT2D eigenvalue weighted by Gasteiger charge is -2.19. The van der Waals surface area contributed by atoms with E-state index >= 15 is 0 Å². The number of likely N-dealkylation sites (tertiary alicyclic amines) is 1. The Morgan fingerprint density at radius 1 is 1.44 bits per heavy atom. The quantitative estimate of drug-likeness (QED) is 0.643. The lowest BCUT2D eigenvalue weighted by Crippen LogP contribution is -2.26. The maximum Gasteiger partial charge on any atom is 0.269 e. The SMILES string of the molecule is CN1CCC[C@H]1CCNc1ccc([N+](=O)[O-])cc1. The van der Waals surface area contributed by atoms with Crippen LogP contribution < -0.4 is 5.32 Å². The summed E-state index contributed by atoms with van der Waals surface area (Å²) in [6, 6.07) is 7.26. The molecule has 1 aromatic carbocycles. The number of hydrogen-bond donors (Lipinski definition) is 1. The van der Waals surface area contributed by atoms with Gasteiger partial charge < -0.3 is 10.2 Å². The van der Waals surface area contributed by atoms with E-state index < -0.39 is 0 Å². The monoisotopic (exact) mass is 249 g/mol. The summed E-state index contributed by atoms with van der Waals surface area (Å²) in [4.78, 5) is 12.5.